The quantitative estimate of drug-likeness (QED) is 0.395. The lowest BCUT2D eigenvalue weighted by molar-refractivity contribution is -0.166. The Morgan fingerprint density at radius 1 is 0.921 bits per heavy atom. The summed E-state index contributed by atoms with van der Waals surface area (Å²) in [5.41, 5.74) is 6.53. The summed E-state index contributed by atoms with van der Waals surface area (Å²) in [5, 5.41) is 2.89. The number of ether oxygens (including phenoxy) is 1. The highest BCUT2D eigenvalue weighted by atomic mass is 16.5. The van der Waals surface area contributed by atoms with Crippen molar-refractivity contribution in [2.75, 3.05) is 0 Å². The molecule has 0 aromatic rings. The maximum absolute atomic E-state index is 13.3. The van der Waals surface area contributed by atoms with Gasteiger partial charge in [0.05, 0.1) is 6.04 Å². The summed E-state index contributed by atoms with van der Waals surface area (Å²) < 4.78 is 6.12. The molecule has 0 radical (unpaired) electrons. The molecule has 216 valence electrons. The number of fused-ring (bicyclic) bond motifs is 5. The normalized spacial score (nSPS) is 40.1. The summed E-state index contributed by atoms with van der Waals surface area (Å²) in [6.45, 7) is 14.7. The minimum absolute atomic E-state index is 0.00658. The fraction of sp³-hybridized carbons (Fsp3) is 0.906. The Labute approximate surface area is 231 Å². The smallest absolute Gasteiger partial charge is 0.328 e. The highest BCUT2D eigenvalue weighted by Crippen LogP contribution is 2.67. The molecule has 38 heavy (non-hydrogen) atoms. The number of nitrogens with one attached hydrogen (secondary N) is 1. The number of nitrogens with two attached hydrogens (primary N) is 1. The third kappa shape index (κ3) is 5.45. The van der Waals surface area contributed by atoms with Crippen molar-refractivity contribution >= 4 is 17.7 Å². The summed E-state index contributed by atoms with van der Waals surface area (Å²) in [6, 6.07) is -1.28. The van der Waals surface area contributed by atoms with Gasteiger partial charge in [0.2, 0.25) is 5.91 Å². The molecule has 4 saturated carbocycles. The van der Waals surface area contributed by atoms with Gasteiger partial charge < -0.3 is 15.8 Å². The molecule has 4 aliphatic carbocycles. The molecule has 6 heteroatoms. The number of rotatable bonds is 8. The molecule has 1 amide bonds. The maximum Gasteiger partial charge on any atom is 0.328 e. The predicted molar refractivity (Wildman–Crippen MR) is 150 cm³/mol. The number of Topliss-reactive ketones (excluding diaryl/α,β-unsaturated/α-hetero) is 1. The van der Waals surface area contributed by atoms with Gasteiger partial charge in [-0.3, -0.25) is 9.59 Å². The number of amides is 1. The Morgan fingerprint density at radius 2 is 1.58 bits per heavy atom. The number of hydrogen-bond donors (Lipinski definition) is 2. The first-order chi connectivity index (χ1) is 17.8. The highest BCUT2D eigenvalue weighted by molar-refractivity contribution is 5.87. The lowest BCUT2D eigenvalue weighted by atomic mass is 9.44. The van der Waals surface area contributed by atoms with Crippen LogP contribution in [0.4, 0.5) is 0 Å². The number of ketones is 1. The van der Waals surface area contributed by atoms with Gasteiger partial charge in [-0.05, 0) is 117 Å². The van der Waals surface area contributed by atoms with E-state index in [1.54, 1.807) is 6.92 Å². The van der Waals surface area contributed by atoms with Crippen molar-refractivity contribution in [2.24, 2.45) is 58.0 Å². The number of hydrogen-bond acceptors (Lipinski definition) is 5. The van der Waals surface area contributed by atoms with Crippen LogP contribution in [0.25, 0.3) is 0 Å². The molecular weight excluding hydrogens is 476 g/mol. The van der Waals surface area contributed by atoms with E-state index in [-0.39, 0.29) is 46.6 Å². The molecule has 10 atom stereocenters. The van der Waals surface area contributed by atoms with Crippen molar-refractivity contribution < 1.29 is 19.1 Å². The number of carbonyl (C=O) groups excluding carboxylic acids is 3. The Bertz CT molecular complexity index is 902. The summed E-state index contributed by atoms with van der Waals surface area (Å²) >= 11 is 0. The van der Waals surface area contributed by atoms with E-state index in [0.717, 1.165) is 31.6 Å². The topological polar surface area (TPSA) is 98.5 Å². The van der Waals surface area contributed by atoms with Gasteiger partial charge in [0.25, 0.3) is 0 Å². The Balaban J connectivity index is 1.40. The molecule has 4 aliphatic rings. The molecule has 0 bridgehead atoms. The average Bonchev–Trinajstić information content (AvgIpc) is 3.20. The number of esters is 1. The lowest BCUT2D eigenvalue weighted by Gasteiger charge is -2.61. The van der Waals surface area contributed by atoms with Crippen LogP contribution in [0.2, 0.25) is 0 Å². The first kappa shape index (κ1) is 29.6. The van der Waals surface area contributed by atoms with Crippen molar-refractivity contribution in [3.8, 4) is 0 Å². The van der Waals surface area contributed by atoms with Crippen molar-refractivity contribution in [2.45, 2.75) is 131 Å². The highest BCUT2D eigenvalue weighted by Gasteiger charge is 2.61. The zero-order valence-corrected chi connectivity index (χ0v) is 25.1. The van der Waals surface area contributed by atoms with Crippen molar-refractivity contribution in [3.63, 3.8) is 0 Å². The average molecular weight is 531 g/mol. The van der Waals surface area contributed by atoms with Crippen molar-refractivity contribution in [1.29, 1.82) is 0 Å². The summed E-state index contributed by atoms with van der Waals surface area (Å²) in [6.07, 6.45) is 10.5. The molecule has 0 spiro atoms. The monoisotopic (exact) mass is 530 g/mol. The Kier molecular flexibility index (Phi) is 8.72. The van der Waals surface area contributed by atoms with E-state index >= 15 is 0 Å². The number of carbonyl (C=O) groups is 3. The van der Waals surface area contributed by atoms with Gasteiger partial charge in [0.15, 0.2) is 0 Å². The second kappa shape index (κ2) is 11.2. The lowest BCUT2D eigenvalue weighted by Crippen LogP contribution is -2.55. The molecule has 0 saturated heterocycles. The van der Waals surface area contributed by atoms with Gasteiger partial charge in [0.1, 0.15) is 17.9 Å². The first-order valence-electron chi connectivity index (χ1n) is 15.5. The Hall–Kier alpha value is -1.43. The minimum atomic E-state index is -0.649. The first-order valence-corrected chi connectivity index (χ1v) is 15.5. The molecule has 0 unspecified atom stereocenters. The van der Waals surface area contributed by atoms with Crippen molar-refractivity contribution in [1.82, 2.24) is 5.32 Å². The largest absolute Gasteiger partial charge is 0.461 e. The standard InChI is InChI=1S/C32H54N2O4/c1-18(2)16-27(34-29(36)28(33)19(3)4)30(37)38-22-12-14-31(6)21(17-22)8-9-23-25-11-10-24(20(5)35)32(25,7)15-13-26(23)31/h18-19,21-28H,8-17,33H2,1-7H3,(H,34,36)/t21-,22+,23-,24+,25-,26-,27-,28+,31-,32+/m0/s1. The third-order valence-corrected chi connectivity index (χ3v) is 11.7. The Morgan fingerprint density at radius 3 is 2.21 bits per heavy atom. The fourth-order valence-electron chi connectivity index (χ4n) is 9.50. The molecule has 3 N–H and O–H groups in total. The van der Waals surface area contributed by atoms with E-state index in [4.69, 9.17) is 10.5 Å². The van der Waals surface area contributed by atoms with E-state index in [9.17, 15) is 14.4 Å². The molecule has 4 rings (SSSR count). The van der Waals surface area contributed by atoms with E-state index < -0.39 is 12.1 Å². The third-order valence-electron chi connectivity index (χ3n) is 11.7. The zero-order chi connectivity index (χ0) is 28.0. The van der Waals surface area contributed by atoms with Gasteiger partial charge in [-0.1, -0.05) is 41.5 Å². The van der Waals surface area contributed by atoms with Gasteiger partial charge in [-0.2, -0.15) is 0 Å². The summed E-state index contributed by atoms with van der Waals surface area (Å²) in [7, 11) is 0. The van der Waals surface area contributed by atoms with Crippen LogP contribution in [-0.2, 0) is 19.1 Å². The molecular formula is C32H54N2O4. The van der Waals surface area contributed by atoms with Gasteiger partial charge >= 0.3 is 5.97 Å². The van der Waals surface area contributed by atoms with Crippen LogP contribution in [0.3, 0.4) is 0 Å². The van der Waals surface area contributed by atoms with E-state index in [1.807, 2.05) is 13.8 Å². The van der Waals surface area contributed by atoms with Crippen LogP contribution in [0.5, 0.6) is 0 Å². The van der Waals surface area contributed by atoms with Gasteiger partial charge in [0, 0.05) is 5.92 Å². The predicted octanol–water partition coefficient (Wildman–Crippen LogP) is 5.66. The van der Waals surface area contributed by atoms with Crippen LogP contribution >= 0.6 is 0 Å². The van der Waals surface area contributed by atoms with E-state index in [1.165, 1.54) is 32.1 Å². The molecule has 0 aromatic heterocycles. The van der Waals surface area contributed by atoms with Crippen LogP contribution in [-0.4, -0.2) is 35.8 Å². The van der Waals surface area contributed by atoms with Crippen LogP contribution < -0.4 is 11.1 Å². The summed E-state index contributed by atoms with van der Waals surface area (Å²) in [5.74, 6) is 3.02. The molecule has 4 fully saturated rings. The molecule has 0 aromatic carbocycles. The minimum Gasteiger partial charge on any atom is -0.461 e. The van der Waals surface area contributed by atoms with Gasteiger partial charge in [-0.15, -0.1) is 0 Å². The summed E-state index contributed by atoms with van der Waals surface area (Å²) in [4.78, 5) is 38.4. The van der Waals surface area contributed by atoms with E-state index in [2.05, 4.69) is 33.0 Å². The van der Waals surface area contributed by atoms with Crippen LogP contribution in [0, 0.1) is 52.3 Å². The second-order valence-electron chi connectivity index (χ2n) is 14.7. The zero-order valence-electron chi connectivity index (χ0n) is 25.1. The van der Waals surface area contributed by atoms with Crippen molar-refractivity contribution in [3.05, 3.63) is 0 Å². The molecule has 0 aliphatic heterocycles. The van der Waals surface area contributed by atoms with Crippen LogP contribution in [0.15, 0.2) is 0 Å². The SMILES string of the molecule is CC(=O)[C@H]1CC[C@H]2[C@@H]3CC[C@H]4C[C@H](OC(=O)[C@H](CC(C)C)NC(=O)[C@H](N)C(C)C)CC[C@]4(C)[C@H]3CC[C@]12C. The van der Waals surface area contributed by atoms with E-state index in [0.29, 0.717) is 30.0 Å². The fourth-order valence-corrected chi connectivity index (χ4v) is 9.50. The molecule has 6 nitrogen and oxygen atoms in total. The van der Waals surface area contributed by atoms with Crippen LogP contribution in [0.1, 0.15) is 113 Å². The van der Waals surface area contributed by atoms with Gasteiger partial charge in [-0.25, -0.2) is 4.79 Å². The maximum atomic E-state index is 13.3. The molecule has 0 heterocycles. The second-order valence-corrected chi connectivity index (χ2v) is 14.7.